The van der Waals surface area contributed by atoms with Gasteiger partial charge in [0, 0.05) is 14.1 Å². The summed E-state index contributed by atoms with van der Waals surface area (Å²) >= 11 is 0. The van der Waals surface area contributed by atoms with Crippen LogP contribution < -0.4 is 10.2 Å². The molecule has 1 aromatic rings. The lowest BCUT2D eigenvalue weighted by Crippen LogP contribution is -2.43. The molecule has 20 heavy (non-hydrogen) atoms. The van der Waals surface area contributed by atoms with Gasteiger partial charge >= 0.3 is 5.69 Å². The molecule has 0 bridgehead atoms. The predicted octanol–water partition coefficient (Wildman–Crippen LogP) is 2.38. The number of rotatable bonds is 4. The van der Waals surface area contributed by atoms with Crippen molar-refractivity contribution in [3.05, 3.63) is 28.3 Å². The van der Waals surface area contributed by atoms with E-state index < -0.39 is 6.10 Å². The SMILES string of the molecule is CNc1cccc(N(C)C2CCCCC2O)c1[N+](=O)[O-]. The van der Waals surface area contributed by atoms with E-state index in [9.17, 15) is 15.2 Å². The van der Waals surface area contributed by atoms with Gasteiger partial charge in [-0.05, 0) is 25.0 Å². The first-order valence-electron chi connectivity index (χ1n) is 6.92. The number of hydrogen-bond donors (Lipinski definition) is 2. The van der Waals surface area contributed by atoms with Gasteiger partial charge in [-0.2, -0.15) is 0 Å². The summed E-state index contributed by atoms with van der Waals surface area (Å²) in [4.78, 5) is 12.8. The molecule has 0 amide bonds. The number of nitrogens with one attached hydrogen (secondary N) is 1. The molecule has 0 aliphatic heterocycles. The molecular weight excluding hydrogens is 258 g/mol. The van der Waals surface area contributed by atoms with Crippen molar-refractivity contribution >= 4 is 17.1 Å². The summed E-state index contributed by atoms with van der Waals surface area (Å²) < 4.78 is 0. The van der Waals surface area contributed by atoms with Crippen LogP contribution in [0.4, 0.5) is 17.1 Å². The van der Waals surface area contributed by atoms with Gasteiger partial charge in [-0.15, -0.1) is 0 Å². The quantitative estimate of drug-likeness (QED) is 0.653. The van der Waals surface area contributed by atoms with Crippen LogP contribution in [0.25, 0.3) is 0 Å². The summed E-state index contributed by atoms with van der Waals surface area (Å²) in [6.07, 6.45) is 3.26. The van der Waals surface area contributed by atoms with Gasteiger partial charge in [-0.1, -0.05) is 18.9 Å². The van der Waals surface area contributed by atoms with E-state index in [-0.39, 0.29) is 16.7 Å². The number of para-hydroxylation sites is 1. The highest BCUT2D eigenvalue weighted by molar-refractivity contribution is 5.77. The van der Waals surface area contributed by atoms with Gasteiger partial charge in [0.2, 0.25) is 0 Å². The maximum atomic E-state index is 11.3. The first-order chi connectivity index (χ1) is 9.56. The molecule has 2 N–H and O–H groups in total. The Balaban J connectivity index is 2.38. The zero-order valence-corrected chi connectivity index (χ0v) is 11.9. The lowest BCUT2D eigenvalue weighted by molar-refractivity contribution is -0.383. The summed E-state index contributed by atoms with van der Waals surface area (Å²) in [6, 6.07) is 5.15. The fourth-order valence-electron chi connectivity index (χ4n) is 2.93. The Hall–Kier alpha value is -1.82. The maximum Gasteiger partial charge on any atom is 0.315 e. The van der Waals surface area contributed by atoms with E-state index in [1.54, 1.807) is 25.2 Å². The average molecular weight is 279 g/mol. The van der Waals surface area contributed by atoms with Crippen molar-refractivity contribution < 1.29 is 10.0 Å². The number of likely N-dealkylation sites (N-methyl/N-ethyl adjacent to an activating group) is 1. The van der Waals surface area contributed by atoms with E-state index in [1.807, 2.05) is 11.9 Å². The third-order valence-corrected chi connectivity index (χ3v) is 4.04. The van der Waals surface area contributed by atoms with Crippen molar-refractivity contribution in [1.82, 2.24) is 0 Å². The summed E-state index contributed by atoms with van der Waals surface area (Å²) in [5.74, 6) is 0. The van der Waals surface area contributed by atoms with Crippen molar-refractivity contribution in [2.75, 3.05) is 24.3 Å². The Morgan fingerprint density at radius 1 is 1.40 bits per heavy atom. The van der Waals surface area contributed by atoms with Crippen molar-refractivity contribution in [1.29, 1.82) is 0 Å². The molecule has 0 spiro atoms. The van der Waals surface area contributed by atoms with Crippen molar-refractivity contribution in [2.24, 2.45) is 0 Å². The van der Waals surface area contributed by atoms with Crippen molar-refractivity contribution in [2.45, 2.75) is 37.8 Å². The number of nitrogens with zero attached hydrogens (tertiary/aromatic N) is 2. The molecule has 110 valence electrons. The van der Waals surface area contributed by atoms with Gasteiger partial charge in [-0.3, -0.25) is 10.1 Å². The largest absolute Gasteiger partial charge is 0.391 e. The Bertz CT molecular complexity index is 493. The van der Waals surface area contributed by atoms with Crippen LogP contribution in [0.1, 0.15) is 25.7 Å². The third-order valence-electron chi connectivity index (χ3n) is 4.04. The maximum absolute atomic E-state index is 11.3. The van der Waals surface area contributed by atoms with Crippen LogP contribution in [0.5, 0.6) is 0 Å². The van der Waals surface area contributed by atoms with Crippen LogP contribution in [0, 0.1) is 10.1 Å². The van der Waals surface area contributed by atoms with Crippen molar-refractivity contribution in [3.8, 4) is 0 Å². The van der Waals surface area contributed by atoms with Crippen molar-refractivity contribution in [3.63, 3.8) is 0 Å². The number of nitro benzene ring substituents is 1. The second kappa shape index (κ2) is 6.09. The monoisotopic (exact) mass is 279 g/mol. The van der Waals surface area contributed by atoms with Crippen LogP contribution in [-0.2, 0) is 0 Å². The van der Waals surface area contributed by atoms with E-state index in [0.717, 1.165) is 25.7 Å². The van der Waals surface area contributed by atoms with E-state index in [2.05, 4.69) is 5.32 Å². The molecule has 1 aromatic carbocycles. The number of aliphatic hydroxyl groups is 1. The Labute approximate surface area is 118 Å². The van der Waals surface area contributed by atoms with Gasteiger partial charge < -0.3 is 15.3 Å². The van der Waals surface area contributed by atoms with Gasteiger partial charge in [0.1, 0.15) is 11.4 Å². The highest BCUT2D eigenvalue weighted by atomic mass is 16.6. The van der Waals surface area contributed by atoms with Gasteiger partial charge in [0.05, 0.1) is 17.1 Å². The normalized spacial score (nSPS) is 22.4. The molecule has 0 saturated heterocycles. The Kier molecular flexibility index (Phi) is 4.44. The summed E-state index contributed by atoms with van der Waals surface area (Å²) in [5.41, 5.74) is 1.10. The van der Waals surface area contributed by atoms with Crippen LogP contribution in [0.3, 0.4) is 0 Å². The smallest absolute Gasteiger partial charge is 0.315 e. The minimum Gasteiger partial charge on any atom is -0.391 e. The summed E-state index contributed by atoms with van der Waals surface area (Å²) in [7, 11) is 3.49. The number of anilines is 2. The molecule has 2 atom stereocenters. The van der Waals surface area contributed by atoms with Gasteiger partial charge in [0.15, 0.2) is 0 Å². The van der Waals surface area contributed by atoms with E-state index in [1.165, 1.54) is 0 Å². The molecule has 1 aliphatic rings. The van der Waals surface area contributed by atoms with Crippen LogP contribution in [0.15, 0.2) is 18.2 Å². The van der Waals surface area contributed by atoms with Crippen LogP contribution in [-0.4, -0.2) is 36.3 Å². The fourth-order valence-corrected chi connectivity index (χ4v) is 2.93. The Morgan fingerprint density at radius 3 is 2.70 bits per heavy atom. The number of benzene rings is 1. The first kappa shape index (κ1) is 14.6. The molecular formula is C14H21N3O3. The fraction of sp³-hybridized carbons (Fsp3) is 0.571. The molecule has 0 heterocycles. The third kappa shape index (κ3) is 2.70. The summed E-state index contributed by atoms with van der Waals surface area (Å²) in [5, 5.41) is 24.3. The standard InChI is InChI=1S/C14H21N3O3/c1-15-10-6-5-8-12(14(10)17(19)20)16(2)11-7-3-4-9-13(11)18/h5-6,8,11,13,15,18H,3-4,7,9H2,1-2H3. The van der Waals surface area contributed by atoms with Crippen LogP contribution in [0.2, 0.25) is 0 Å². The second-order valence-electron chi connectivity index (χ2n) is 5.21. The van der Waals surface area contributed by atoms with E-state index in [0.29, 0.717) is 11.4 Å². The molecule has 1 saturated carbocycles. The average Bonchev–Trinajstić information content (AvgIpc) is 2.46. The highest BCUT2D eigenvalue weighted by Gasteiger charge is 2.31. The van der Waals surface area contributed by atoms with Gasteiger partial charge in [0.25, 0.3) is 0 Å². The topological polar surface area (TPSA) is 78.6 Å². The van der Waals surface area contributed by atoms with Gasteiger partial charge in [-0.25, -0.2) is 0 Å². The number of aliphatic hydroxyl groups excluding tert-OH is 1. The van der Waals surface area contributed by atoms with E-state index >= 15 is 0 Å². The van der Waals surface area contributed by atoms with E-state index in [4.69, 9.17) is 0 Å². The van der Waals surface area contributed by atoms with Crippen LogP contribution >= 0.6 is 0 Å². The number of nitro groups is 1. The lowest BCUT2D eigenvalue weighted by atomic mass is 9.91. The molecule has 0 aromatic heterocycles. The lowest BCUT2D eigenvalue weighted by Gasteiger charge is -2.36. The number of hydrogen-bond acceptors (Lipinski definition) is 5. The summed E-state index contributed by atoms with van der Waals surface area (Å²) in [6.45, 7) is 0. The minimum atomic E-state index is -0.424. The minimum absolute atomic E-state index is 0.0606. The molecule has 6 heteroatoms. The first-order valence-corrected chi connectivity index (χ1v) is 6.92. The molecule has 1 aliphatic carbocycles. The zero-order valence-electron chi connectivity index (χ0n) is 11.9. The molecule has 2 rings (SSSR count). The molecule has 0 radical (unpaired) electrons. The highest BCUT2D eigenvalue weighted by Crippen LogP contribution is 2.37. The molecule has 1 fully saturated rings. The molecule has 6 nitrogen and oxygen atoms in total. The second-order valence-corrected chi connectivity index (χ2v) is 5.21. The molecule has 2 unspecified atom stereocenters. The zero-order chi connectivity index (χ0) is 14.7. The predicted molar refractivity (Wildman–Crippen MR) is 79.3 cm³/mol. The Morgan fingerprint density at radius 2 is 2.10 bits per heavy atom.